The topological polar surface area (TPSA) is 219 Å². The largest absolute Gasteiger partial charge is 0.508 e. The van der Waals surface area contributed by atoms with Gasteiger partial charge >= 0.3 is 17.6 Å². The molecule has 0 spiro atoms. The van der Waals surface area contributed by atoms with Crippen molar-refractivity contribution in [2.45, 2.75) is 30.4 Å². The van der Waals surface area contributed by atoms with Crippen LogP contribution in [0.2, 0.25) is 10.0 Å². The van der Waals surface area contributed by atoms with Gasteiger partial charge in [-0.15, -0.1) is 0 Å². The summed E-state index contributed by atoms with van der Waals surface area (Å²) in [6.07, 6.45) is -3.08. The molecule has 1 saturated carbocycles. The van der Waals surface area contributed by atoms with E-state index in [1.807, 2.05) is 0 Å². The van der Waals surface area contributed by atoms with E-state index >= 15 is 4.79 Å². The van der Waals surface area contributed by atoms with Crippen molar-refractivity contribution < 1.29 is 52.0 Å². The maximum Gasteiger partial charge on any atom is 0.417 e. The van der Waals surface area contributed by atoms with Gasteiger partial charge in [-0.3, -0.25) is 44.8 Å². The second kappa shape index (κ2) is 15.2. The average molecular weight is 911 g/mol. The number of aromatic hydroxyl groups is 1. The zero-order valence-electron chi connectivity index (χ0n) is 32.9. The molecule has 63 heavy (non-hydrogen) atoms. The van der Waals surface area contributed by atoms with Crippen molar-refractivity contribution in [1.82, 2.24) is 9.99 Å². The zero-order valence-corrected chi connectivity index (χ0v) is 34.4. The maximum atomic E-state index is 15.5. The summed E-state index contributed by atoms with van der Waals surface area (Å²) in [5.74, 6) is -10.2. The number of carbonyl (C=O) groups is 4. The number of alkyl halides is 3. The van der Waals surface area contributed by atoms with Gasteiger partial charge in [0.25, 0.3) is 11.8 Å². The highest BCUT2D eigenvalue weighted by Gasteiger charge is 2.71. The first-order chi connectivity index (χ1) is 29.7. The number of fused-ring (bicyclic) bond motifs is 4. The van der Waals surface area contributed by atoms with Crippen LogP contribution in [0.3, 0.4) is 0 Å². The number of hydrogen-bond acceptors (Lipinski definition) is 13. The summed E-state index contributed by atoms with van der Waals surface area (Å²) >= 11 is 12.6. The Morgan fingerprint density at radius 1 is 0.937 bits per heavy atom. The number of nitrogens with zero attached hydrogens (tertiary/aromatic N) is 6. The Balaban J connectivity index is 1.32. The molecule has 17 nitrogen and oxygen atoms in total. The molecule has 0 radical (unpaired) electrons. The van der Waals surface area contributed by atoms with E-state index in [2.05, 4.69) is 10.4 Å². The molecule has 2 N–H and O–H groups in total. The highest BCUT2D eigenvalue weighted by atomic mass is 35.5. The highest BCUT2D eigenvalue weighted by molar-refractivity contribution is 6.33. The molecule has 2 aliphatic carbocycles. The molecule has 3 aromatic carbocycles. The van der Waals surface area contributed by atoms with Crippen molar-refractivity contribution >= 4 is 75.4 Å². The number of ether oxygens (including phenoxy) is 1. The monoisotopic (exact) mass is 909 g/mol. The van der Waals surface area contributed by atoms with Crippen LogP contribution in [0.1, 0.15) is 35.4 Å². The minimum absolute atomic E-state index is 0.0610. The average Bonchev–Trinajstić information content (AvgIpc) is 3.61. The van der Waals surface area contributed by atoms with Crippen LogP contribution < -0.4 is 20.0 Å². The molecule has 22 heteroatoms. The van der Waals surface area contributed by atoms with E-state index in [4.69, 9.17) is 27.9 Å². The molecule has 4 amide bonds. The number of aromatic nitrogens is 1. The molecule has 6 atom stereocenters. The third-order valence-corrected chi connectivity index (χ3v) is 12.8. The van der Waals surface area contributed by atoms with Gasteiger partial charge in [0, 0.05) is 55.0 Å². The number of amides is 4. The highest BCUT2D eigenvalue weighted by Crippen LogP contribution is 2.65. The first-order valence-corrected chi connectivity index (χ1v) is 19.7. The van der Waals surface area contributed by atoms with Crippen molar-refractivity contribution in [3.63, 3.8) is 0 Å². The van der Waals surface area contributed by atoms with Crippen LogP contribution in [0, 0.1) is 43.9 Å². The number of phenols is 1. The fourth-order valence-electron chi connectivity index (χ4n) is 9.78. The number of anilines is 3. The van der Waals surface area contributed by atoms with Gasteiger partial charge in [0.1, 0.15) is 11.5 Å². The van der Waals surface area contributed by atoms with Gasteiger partial charge in [0.15, 0.2) is 11.5 Å². The van der Waals surface area contributed by atoms with Gasteiger partial charge in [-0.2, -0.15) is 18.2 Å². The SMILES string of the molecule is COc1cc(O)ccc1[C@H]1C2=CC[C@@H]3C(=O)N(c4cc([N+](=O)[O-])c(N(C)C)c([N+](=O)[O-])c4)C(=O)[C@@H]3[C@@H]2C[C@H]2C(=O)N(Nc3ncc(C(F)(F)F)cc3Cl)C(=O)[C@@]12c1ccc(Cl)cc1. The predicted octanol–water partition coefficient (Wildman–Crippen LogP) is 7.19. The molecular formula is C41H32Cl2F3N7O10. The first-order valence-electron chi connectivity index (χ1n) is 18.9. The van der Waals surface area contributed by atoms with E-state index in [-0.39, 0.29) is 46.2 Å². The van der Waals surface area contributed by atoms with Crippen LogP contribution in [0.25, 0.3) is 0 Å². The maximum absolute atomic E-state index is 15.5. The van der Waals surface area contributed by atoms with Gasteiger partial charge in [-0.05, 0) is 48.6 Å². The van der Waals surface area contributed by atoms with E-state index in [0.717, 1.165) is 17.0 Å². The van der Waals surface area contributed by atoms with Gasteiger partial charge in [0.2, 0.25) is 11.8 Å². The fourth-order valence-corrected chi connectivity index (χ4v) is 10.1. The molecule has 1 aromatic heterocycles. The van der Waals surface area contributed by atoms with Crippen LogP contribution in [0.15, 0.2) is 78.5 Å². The number of allylic oxidation sites excluding steroid dienone is 2. The van der Waals surface area contributed by atoms with Crippen LogP contribution in [-0.2, 0) is 30.8 Å². The zero-order chi connectivity index (χ0) is 45.6. The third-order valence-electron chi connectivity index (χ3n) is 12.2. The summed E-state index contributed by atoms with van der Waals surface area (Å²) in [6, 6.07) is 12.5. The Hall–Kier alpha value is -6.80. The quantitative estimate of drug-likeness (QED) is 0.0736. The molecule has 3 fully saturated rings. The van der Waals surface area contributed by atoms with E-state index in [9.17, 15) is 52.9 Å². The van der Waals surface area contributed by atoms with Gasteiger partial charge in [-0.25, -0.2) is 9.88 Å². The van der Waals surface area contributed by atoms with E-state index in [0.29, 0.717) is 27.7 Å². The van der Waals surface area contributed by atoms with Crippen LogP contribution in [0.4, 0.5) is 41.7 Å². The number of hydrazine groups is 1. The number of rotatable bonds is 9. The lowest BCUT2D eigenvalue weighted by Gasteiger charge is -2.50. The lowest BCUT2D eigenvalue weighted by Crippen LogP contribution is -2.53. The Kier molecular flexibility index (Phi) is 10.4. The molecule has 3 heterocycles. The third kappa shape index (κ3) is 6.57. The van der Waals surface area contributed by atoms with E-state index < -0.39 is 108 Å². The van der Waals surface area contributed by atoms with Gasteiger partial charge in [0.05, 0.1) is 56.4 Å². The summed E-state index contributed by atoms with van der Waals surface area (Å²) in [7, 11) is 4.02. The Morgan fingerprint density at radius 2 is 1.59 bits per heavy atom. The molecule has 0 unspecified atom stereocenters. The smallest absolute Gasteiger partial charge is 0.417 e. The fraction of sp³-hybridized carbons (Fsp3) is 0.293. The first kappa shape index (κ1) is 42.9. The number of hydrogen-bond donors (Lipinski definition) is 2. The lowest BCUT2D eigenvalue weighted by molar-refractivity contribution is -0.392. The molecule has 4 aliphatic rings. The number of pyridine rings is 1. The van der Waals surface area contributed by atoms with Crippen LogP contribution >= 0.6 is 23.2 Å². The van der Waals surface area contributed by atoms with Crippen LogP contribution in [0.5, 0.6) is 11.5 Å². The number of benzene rings is 3. The number of nitro benzene ring substituents is 2. The number of methoxy groups -OCH3 is 1. The number of nitro groups is 2. The Bertz CT molecular complexity index is 2680. The summed E-state index contributed by atoms with van der Waals surface area (Å²) < 4.78 is 46.4. The van der Waals surface area contributed by atoms with Crippen molar-refractivity contribution in [3.8, 4) is 11.5 Å². The van der Waals surface area contributed by atoms with E-state index in [1.165, 1.54) is 63.7 Å². The number of imide groups is 2. The molecule has 2 aliphatic heterocycles. The van der Waals surface area contributed by atoms with Gasteiger partial charge in [-0.1, -0.05) is 53.1 Å². The molecule has 2 saturated heterocycles. The molecular weight excluding hydrogens is 878 g/mol. The van der Waals surface area contributed by atoms with Crippen molar-refractivity contribution in [1.29, 1.82) is 0 Å². The van der Waals surface area contributed by atoms with Crippen molar-refractivity contribution in [2.24, 2.45) is 23.7 Å². The van der Waals surface area contributed by atoms with Crippen LogP contribution in [-0.4, -0.2) is 69.8 Å². The standard InChI is InChI=1S/C41H32Cl2F3N7O10/c1-49(2)34-29(52(59)60)13-21(14-30(34)53(61)62)50-36(55)25-11-10-23-26(32(25)38(50)57)16-27-37(56)51(48-35-28(43)12-19(17-47-35)41(44,45)46)39(58)40(27,18-4-6-20(42)7-5-18)33(23)24-9-8-22(54)15-31(24)63-3/h4-10,12-15,17,25-27,32-33,54H,11,16H2,1-3H3,(H,47,48)/t25-,26+,27-,32-,33+,40+/m0/s1. The molecule has 4 aromatic rings. The molecule has 326 valence electrons. The number of phenolic OH excluding ortho intramolecular Hbond substituents is 1. The number of halogens is 5. The second-order valence-electron chi connectivity index (χ2n) is 15.6. The summed E-state index contributed by atoms with van der Waals surface area (Å²) in [6.45, 7) is 0. The Morgan fingerprint density at radius 3 is 2.16 bits per heavy atom. The van der Waals surface area contributed by atoms with Gasteiger partial charge < -0.3 is 14.7 Å². The van der Waals surface area contributed by atoms with Crippen molar-refractivity contribution in [3.05, 3.63) is 125 Å². The predicted molar refractivity (Wildman–Crippen MR) is 218 cm³/mol. The second-order valence-corrected chi connectivity index (χ2v) is 16.4. The summed E-state index contributed by atoms with van der Waals surface area (Å²) in [5, 5.41) is 35.4. The number of nitrogens with one attached hydrogen (secondary N) is 1. The Labute approximate surface area is 363 Å². The minimum Gasteiger partial charge on any atom is -0.508 e. The molecule has 8 rings (SSSR count). The normalized spacial score (nSPS) is 24.1. The molecule has 0 bridgehead atoms. The van der Waals surface area contributed by atoms with E-state index in [1.54, 1.807) is 6.08 Å². The van der Waals surface area contributed by atoms with Crippen molar-refractivity contribution in [2.75, 3.05) is 36.4 Å². The minimum atomic E-state index is -4.83. The number of carbonyl (C=O) groups excluding carboxylic acids is 4. The lowest BCUT2D eigenvalue weighted by atomic mass is 9.49. The summed E-state index contributed by atoms with van der Waals surface area (Å²) in [4.78, 5) is 88.0. The summed E-state index contributed by atoms with van der Waals surface area (Å²) in [5.41, 5.74) is -1.96.